The summed E-state index contributed by atoms with van der Waals surface area (Å²) in [5, 5.41) is 3.33. The molecule has 0 saturated carbocycles. The van der Waals surface area contributed by atoms with E-state index >= 15 is 0 Å². The predicted octanol–water partition coefficient (Wildman–Crippen LogP) is 2.44. The molecule has 1 aromatic carbocycles. The molecule has 0 radical (unpaired) electrons. The van der Waals surface area contributed by atoms with E-state index in [1.807, 2.05) is 0 Å². The van der Waals surface area contributed by atoms with Crippen LogP contribution in [0.3, 0.4) is 0 Å². The van der Waals surface area contributed by atoms with Gasteiger partial charge in [-0.1, -0.05) is 17.7 Å². The van der Waals surface area contributed by atoms with Gasteiger partial charge >= 0.3 is 0 Å². The highest BCUT2D eigenvalue weighted by Crippen LogP contribution is 2.07. The van der Waals surface area contributed by atoms with Crippen molar-refractivity contribution in [3.63, 3.8) is 0 Å². The fourth-order valence-electron chi connectivity index (χ4n) is 1.12. The van der Waals surface area contributed by atoms with E-state index in [-0.39, 0.29) is 0 Å². The summed E-state index contributed by atoms with van der Waals surface area (Å²) >= 11 is 0. The van der Waals surface area contributed by atoms with Crippen LogP contribution in [0, 0.1) is 6.92 Å². The van der Waals surface area contributed by atoms with Gasteiger partial charge in [0.2, 0.25) is 0 Å². The van der Waals surface area contributed by atoms with Crippen molar-refractivity contribution in [2.75, 3.05) is 25.6 Å². The first-order chi connectivity index (χ1) is 6.33. The number of hydrogen-bond acceptors (Lipinski definition) is 2. The van der Waals surface area contributed by atoms with E-state index in [0.29, 0.717) is 0 Å². The Bertz CT molecular complexity index is 230. The van der Waals surface area contributed by atoms with Crippen molar-refractivity contribution in [1.82, 2.24) is 0 Å². The van der Waals surface area contributed by atoms with Gasteiger partial charge in [0.05, 0.1) is 0 Å². The Labute approximate surface area is 79.9 Å². The number of rotatable bonds is 5. The van der Waals surface area contributed by atoms with Crippen molar-refractivity contribution < 1.29 is 4.74 Å². The number of methoxy groups -OCH3 is 1. The molecule has 0 amide bonds. The standard InChI is InChI=1S/C11H17NO/c1-10-4-6-11(7-5-10)12-8-3-9-13-2/h4-7,12H,3,8-9H2,1-2H3. The molecule has 0 saturated heterocycles. The zero-order chi connectivity index (χ0) is 9.52. The van der Waals surface area contributed by atoms with Crippen LogP contribution in [0.5, 0.6) is 0 Å². The maximum absolute atomic E-state index is 4.96. The average molecular weight is 179 g/mol. The van der Waals surface area contributed by atoms with E-state index < -0.39 is 0 Å². The molecular weight excluding hydrogens is 162 g/mol. The van der Waals surface area contributed by atoms with Crippen molar-refractivity contribution in [3.8, 4) is 0 Å². The molecule has 0 heterocycles. The summed E-state index contributed by atoms with van der Waals surface area (Å²) in [6.45, 7) is 3.88. The monoisotopic (exact) mass is 179 g/mol. The van der Waals surface area contributed by atoms with Gasteiger partial charge in [-0.3, -0.25) is 0 Å². The third-order valence-electron chi connectivity index (χ3n) is 1.91. The summed E-state index contributed by atoms with van der Waals surface area (Å²) in [7, 11) is 1.73. The van der Waals surface area contributed by atoms with E-state index in [9.17, 15) is 0 Å². The molecule has 0 fully saturated rings. The van der Waals surface area contributed by atoms with Crippen molar-refractivity contribution in [2.45, 2.75) is 13.3 Å². The van der Waals surface area contributed by atoms with Gasteiger partial charge in [-0.25, -0.2) is 0 Å². The first kappa shape index (κ1) is 10.1. The first-order valence-electron chi connectivity index (χ1n) is 4.62. The van der Waals surface area contributed by atoms with E-state index in [1.54, 1.807) is 7.11 Å². The summed E-state index contributed by atoms with van der Waals surface area (Å²) < 4.78 is 4.96. The molecule has 0 atom stereocenters. The quantitative estimate of drug-likeness (QED) is 0.701. The molecule has 0 aliphatic rings. The molecule has 2 nitrogen and oxygen atoms in total. The Balaban J connectivity index is 2.25. The van der Waals surface area contributed by atoms with Crippen molar-refractivity contribution >= 4 is 5.69 Å². The Morgan fingerprint density at radius 1 is 1.23 bits per heavy atom. The normalized spacial score (nSPS) is 10.0. The maximum atomic E-state index is 4.96. The lowest BCUT2D eigenvalue weighted by molar-refractivity contribution is 0.198. The van der Waals surface area contributed by atoms with Crippen LogP contribution >= 0.6 is 0 Å². The number of benzene rings is 1. The SMILES string of the molecule is COCCCNc1ccc(C)cc1. The van der Waals surface area contributed by atoms with Gasteiger partial charge in [-0.15, -0.1) is 0 Å². The van der Waals surface area contributed by atoms with Gasteiger partial charge in [0.1, 0.15) is 0 Å². The third kappa shape index (κ3) is 3.95. The zero-order valence-corrected chi connectivity index (χ0v) is 8.34. The minimum atomic E-state index is 0.818. The molecule has 72 valence electrons. The smallest absolute Gasteiger partial charge is 0.0479 e. The highest BCUT2D eigenvalue weighted by molar-refractivity contribution is 5.44. The fourth-order valence-corrected chi connectivity index (χ4v) is 1.12. The van der Waals surface area contributed by atoms with Gasteiger partial charge < -0.3 is 10.1 Å². The predicted molar refractivity (Wildman–Crippen MR) is 56.2 cm³/mol. The van der Waals surface area contributed by atoms with Crippen molar-refractivity contribution in [1.29, 1.82) is 0 Å². The second-order valence-corrected chi connectivity index (χ2v) is 3.14. The van der Waals surface area contributed by atoms with Crippen LogP contribution in [0.25, 0.3) is 0 Å². The minimum Gasteiger partial charge on any atom is -0.385 e. The Kier molecular flexibility index (Phi) is 4.33. The Morgan fingerprint density at radius 2 is 1.92 bits per heavy atom. The van der Waals surface area contributed by atoms with Gasteiger partial charge in [0, 0.05) is 25.9 Å². The van der Waals surface area contributed by atoms with Crippen molar-refractivity contribution in [2.24, 2.45) is 0 Å². The Morgan fingerprint density at radius 3 is 2.54 bits per heavy atom. The van der Waals surface area contributed by atoms with E-state index in [0.717, 1.165) is 19.6 Å². The number of anilines is 1. The van der Waals surface area contributed by atoms with Crippen LogP contribution in [0.2, 0.25) is 0 Å². The number of nitrogens with one attached hydrogen (secondary N) is 1. The highest BCUT2D eigenvalue weighted by atomic mass is 16.5. The van der Waals surface area contributed by atoms with Crippen LogP contribution in [-0.2, 0) is 4.74 Å². The molecule has 2 heteroatoms. The van der Waals surface area contributed by atoms with Crippen LogP contribution < -0.4 is 5.32 Å². The lowest BCUT2D eigenvalue weighted by atomic mass is 10.2. The van der Waals surface area contributed by atoms with Gasteiger partial charge in [0.15, 0.2) is 0 Å². The number of hydrogen-bond donors (Lipinski definition) is 1. The van der Waals surface area contributed by atoms with E-state index in [2.05, 4.69) is 36.5 Å². The Hall–Kier alpha value is -1.02. The molecule has 0 aromatic heterocycles. The lowest BCUT2D eigenvalue weighted by Gasteiger charge is -2.05. The second-order valence-electron chi connectivity index (χ2n) is 3.14. The topological polar surface area (TPSA) is 21.3 Å². The van der Waals surface area contributed by atoms with Crippen LogP contribution in [0.1, 0.15) is 12.0 Å². The van der Waals surface area contributed by atoms with Crippen LogP contribution in [0.4, 0.5) is 5.69 Å². The fraction of sp³-hybridized carbons (Fsp3) is 0.455. The van der Waals surface area contributed by atoms with E-state index in [1.165, 1.54) is 11.3 Å². The summed E-state index contributed by atoms with van der Waals surface area (Å²) in [5.74, 6) is 0. The molecule has 13 heavy (non-hydrogen) atoms. The minimum absolute atomic E-state index is 0.818. The first-order valence-corrected chi connectivity index (χ1v) is 4.62. The largest absolute Gasteiger partial charge is 0.385 e. The lowest BCUT2D eigenvalue weighted by Crippen LogP contribution is -2.04. The molecule has 0 aliphatic carbocycles. The molecule has 1 rings (SSSR count). The molecule has 0 bridgehead atoms. The van der Waals surface area contributed by atoms with Gasteiger partial charge in [0.25, 0.3) is 0 Å². The van der Waals surface area contributed by atoms with Gasteiger partial charge in [-0.2, -0.15) is 0 Å². The van der Waals surface area contributed by atoms with Crippen LogP contribution in [-0.4, -0.2) is 20.3 Å². The summed E-state index contributed by atoms with van der Waals surface area (Å²) in [6, 6.07) is 8.42. The molecular formula is C11H17NO. The summed E-state index contributed by atoms with van der Waals surface area (Å²) in [5.41, 5.74) is 2.48. The van der Waals surface area contributed by atoms with Gasteiger partial charge in [-0.05, 0) is 25.5 Å². The number of ether oxygens (including phenoxy) is 1. The molecule has 0 aliphatic heterocycles. The highest BCUT2D eigenvalue weighted by Gasteiger charge is 1.90. The second kappa shape index (κ2) is 5.60. The summed E-state index contributed by atoms with van der Waals surface area (Å²) in [4.78, 5) is 0. The third-order valence-corrected chi connectivity index (χ3v) is 1.91. The van der Waals surface area contributed by atoms with E-state index in [4.69, 9.17) is 4.74 Å². The number of aryl methyl sites for hydroxylation is 1. The average Bonchev–Trinajstić information content (AvgIpc) is 2.15. The maximum Gasteiger partial charge on any atom is 0.0479 e. The summed E-state index contributed by atoms with van der Waals surface area (Å²) in [6.07, 6.45) is 1.05. The van der Waals surface area contributed by atoms with Crippen molar-refractivity contribution in [3.05, 3.63) is 29.8 Å². The van der Waals surface area contributed by atoms with Crippen LogP contribution in [0.15, 0.2) is 24.3 Å². The zero-order valence-electron chi connectivity index (χ0n) is 8.34. The molecule has 1 N–H and O–H groups in total. The molecule has 0 spiro atoms. The molecule has 1 aromatic rings. The molecule has 0 unspecified atom stereocenters.